The zero-order valence-electron chi connectivity index (χ0n) is 18.3. The highest BCUT2D eigenvalue weighted by atomic mass is 16.7. The highest BCUT2D eigenvalue weighted by Crippen LogP contribution is 2.32. The summed E-state index contributed by atoms with van der Waals surface area (Å²) in [4.78, 5) is 0. The summed E-state index contributed by atoms with van der Waals surface area (Å²) in [5.74, 6) is 0. The Morgan fingerprint density at radius 3 is 2.00 bits per heavy atom. The van der Waals surface area contributed by atoms with Gasteiger partial charge >= 0.3 is 0 Å². The molecule has 0 amide bonds. The van der Waals surface area contributed by atoms with Crippen molar-refractivity contribution in [1.82, 2.24) is 0 Å². The molecule has 3 fully saturated rings. The Labute approximate surface area is 186 Å². The summed E-state index contributed by atoms with van der Waals surface area (Å²) in [5.41, 5.74) is 24.1. The second-order valence-corrected chi connectivity index (χ2v) is 9.07. The first-order valence-corrected chi connectivity index (χ1v) is 11.0. The summed E-state index contributed by atoms with van der Waals surface area (Å²) in [5, 5.41) is 51.7. The van der Waals surface area contributed by atoms with Crippen LogP contribution < -0.4 is 22.9 Å². The fourth-order valence-corrected chi connectivity index (χ4v) is 4.55. The van der Waals surface area contributed by atoms with Gasteiger partial charge in [-0.2, -0.15) is 0 Å². The van der Waals surface area contributed by atoms with Gasteiger partial charge in [0.25, 0.3) is 0 Å². The minimum Gasteiger partial charge on any atom is -0.389 e. The van der Waals surface area contributed by atoms with Crippen LogP contribution in [0.25, 0.3) is 0 Å². The Morgan fingerprint density at radius 2 is 1.44 bits per heavy atom. The molecule has 15 unspecified atom stereocenters. The van der Waals surface area contributed by atoms with Crippen molar-refractivity contribution in [1.29, 1.82) is 0 Å². The standard InChI is InChI=1S/C19H38N4O9/c1-3-8-11(25)12(26)9(23)18(29-8)31-16-7(22)4-6(21)10(24)17(16)32-19-14(28)13(27)15(30-19)5(2)20/h5-19,24-28H,3-4,20-23H2,1-2H3. The van der Waals surface area contributed by atoms with Crippen LogP contribution in [0, 0.1) is 0 Å². The lowest BCUT2D eigenvalue weighted by Crippen LogP contribution is -2.67. The van der Waals surface area contributed by atoms with E-state index in [1.165, 1.54) is 0 Å². The van der Waals surface area contributed by atoms with Crippen molar-refractivity contribution in [2.24, 2.45) is 22.9 Å². The van der Waals surface area contributed by atoms with Crippen molar-refractivity contribution in [3.05, 3.63) is 0 Å². The minimum atomic E-state index is -1.43. The third-order valence-corrected chi connectivity index (χ3v) is 6.57. The number of aliphatic hydroxyl groups excluding tert-OH is 5. The fraction of sp³-hybridized carbons (Fsp3) is 1.00. The van der Waals surface area contributed by atoms with Crippen LogP contribution in [0.2, 0.25) is 0 Å². The number of hydrogen-bond donors (Lipinski definition) is 9. The third kappa shape index (κ3) is 4.95. The van der Waals surface area contributed by atoms with E-state index in [-0.39, 0.29) is 6.42 Å². The quantitative estimate of drug-likeness (QED) is 0.178. The van der Waals surface area contributed by atoms with Crippen molar-refractivity contribution in [2.45, 2.75) is 118 Å². The molecule has 13 nitrogen and oxygen atoms in total. The average Bonchev–Trinajstić information content (AvgIpc) is 3.03. The van der Waals surface area contributed by atoms with Crippen molar-refractivity contribution >= 4 is 0 Å². The summed E-state index contributed by atoms with van der Waals surface area (Å²) in [6.07, 6.45) is -12.1. The van der Waals surface area contributed by atoms with Gasteiger partial charge in [-0.05, 0) is 19.8 Å². The lowest BCUT2D eigenvalue weighted by atomic mass is 9.84. The molecule has 1 saturated carbocycles. The fourth-order valence-electron chi connectivity index (χ4n) is 4.55. The molecule has 3 rings (SSSR count). The predicted molar refractivity (Wildman–Crippen MR) is 110 cm³/mol. The molecule has 13 heteroatoms. The second kappa shape index (κ2) is 10.4. The maximum Gasteiger partial charge on any atom is 0.187 e. The van der Waals surface area contributed by atoms with Gasteiger partial charge in [0.15, 0.2) is 12.6 Å². The van der Waals surface area contributed by atoms with Crippen molar-refractivity contribution in [3.8, 4) is 0 Å². The molecule has 2 aliphatic heterocycles. The molecule has 0 bridgehead atoms. The van der Waals surface area contributed by atoms with E-state index >= 15 is 0 Å². The molecule has 0 spiro atoms. The van der Waals surface area contributed by atoms with Crippen LogP contribution in [0.15, 0.2) is 0 Å². The molecular formula is C19H38N4O9. The summed E-state index contributed by atoms with van der Waals surface area (Å²) in [6.45, 7) is 3.39. The van der Waals surface area contributed by atoms with E-state index < -0.39 is 91.7 Å². The van der Waals surface area contributed by atoms with E-state index in [1.54, 1.807) is 13.8 Å². The monoisotopic (exact) mass is 466 g/mol. The van der Waals surface area contributed by atoms with Gasteiger partial charge in [0.1, 0.15) is 42.7 Å². The van der Waals surface area contributed by atoms with Crippen molar-refractivity contribution < 1.29 is 44.5 Å². The molecule has 188 valence electrons. The molecule has 32 heavy (non-hydrogen) atoms. The van der Waals surface area contributed by atoms with Crippen LogP contribution >= 0.6 is 0 Å². The molecule has 3 aliphatic rings. The minimum absolute atomic E-state index is 0.190. The van der Waals surface area contributed by atoms with Crippen LogP contribution in [0.5, 0.6) is 0 Å². The Balaban J connectivity index is 1.78. The first kappa shape index (κ1) is 26.1. The van der Waals surface area contributed by atoms with Crippen LogP contribution in [-0.2, 0) is 18.9 Å². The van der Waals surface area contributed by atoms with E-state index in [0.29, 0.717) is 6.42 Å². The molecule has 0 aromatic rings. The highest BCUT2D eigenvalue weighted by molar-refractivity contribution is 5.01. The molecule has 0 aromatic heterocycles. The third-order valence-electron chi connectivity index (χ3n) is 6.57. The first-order chi connectivity index (χ1) is 15.0. The molecule has 13 N–H and O–H groups in total. The number of rotatable bonds is 6. The molecular weight excluding hydrogens is 428 g/mol. The summed E-state index contributed by atoms with van der Waals surface area (Å²) < 4.78 is 23.1. The number of ether oxygens (including phenoxy) is 4. The Bertz CT molecular complexity index is 617. The smallest absolute Gasteiger partial charge is 0.187 e. The Hall–Kier alpha value is -0.520. The van der Waals surface area contributed by atoms with E-state index in [4.69, 9.17) is 41.9 Å². The zero-order chi connectivity index (χ0) is 23.9. The molecule has 2 heterocycles. The van der Waals surface area contributed by atoms with Gasteiger partial charge in [-0.15, -0.1) is 0 Å². The Kier molecular flexibility index (Phi) is 8.48. The van der Waals surface area contributed by atoms with Gasteiger partial charge in [-0.25, -0.2) is 0 Å². The number of hydrogen-bond acceptors (Lipinski definition) is 13. The van der Waals surface area contributed by atoms with Gasteiger partial charge < -0.3 is 67.4 Å². The second-order valence-electron chi connectivity index (χ2n) is 9.07. The van der Waals surface area contributed by atoms with E-state index in [1.807, 2.05) is 0 Å². The lowest BCUT2D eigenvalue weighted by molar-refractivity contribution is -0.307. The lowest BCUT2D eigenvalue weighted by Gasteiger charge is -2.47. The molecule has 0 aromatic carbocycles. The normalized spacial score (nSPS) is 53.3. The van der Waals surface area contributed by atoms with E-state index in [9.17, 15) is 25.5 Å². The van der Waals surface area contributed by atoms with Crippen molar-refractivity contribution in [2.75, 3.05) is 0 Å². The van der Waals surface area contributed by atoms with Gasteiger partial charge in [0, 0.05) is 18.1 Å². The summed E-state index contributed by atoms with van der Waals surface area (Å²) >= 11 is 0. The van der Waals surface area contributed by atoms with Crippen LogP contribution in [0.1, 0.15) is 26.7 Å². The molecule has 2 saturated heterocycles. The van der Waals surface area contributed by atoms with Crippen LogP contribution in [0.3, 0.4) is 0 Å². The molecule has 0 radical (unpaired) electrons. The van der Waals surface area contributed by atoms with Crippen molar-refractivity contribution in [3.63, 3.8) is 0 Å². The Morgan fingerprint density at radius 1 is 0.812 bits per heavy atom. The van der Waals surface area contributed by atoms with Crippen LogP contribution in [0.4, 0.5) is 0 Å². The highest BCUT2D eigenvalue weighted by Gasteiger charge is 2.52. The van der Waals surface area contributed by atoms with Gasteiger partial charge in [0.05, 0.1) is 18.2 Å². The molecule has 1 aliphatic carbocycles. The number of nitrogens with two attached hydrogens (primary N) is 4. The first-order valence-electron chi connectivity index (χ1n) is 11.0. The SMILES string of the molecule is CCC1OC(OC2C(N)CC(N)C(O)C2OC2OC(C(C)N)C(O)C2O)C(N)C(O)C1O. The van der Waals surface area contributed by atoms with Gasteiger partial charge in [-0.1, -0.05) is 6.92 Å². The maximum absolute atomic E-state index is 10.7. The number of aliphatic hydroxyl groups is 5. The van der Waals surface area contributed by atoms with E-state index in [0.717, 1.165) is 0 Å². The average molecular weight is 467 g/mol. The summed E-state index contributed by atoms with van der Waals surface area (Å²) in [7, 11) is 0. The topological polar surface area (TPSA) is 242 Å². The van der Waals surface area contributed by atoms with Gasteiger partial charge in [-0.3, -0.25) is 0 Å². The summed E-state index contributed by atoms with van der Waals surface area (Å²) in [6, 6.07) is -3.15. The maximum atomic E-state index is 10.7. The molecule has 15 atom stereocenters. The zero-order valence-corrected chi connectivity index (χ0v) is 18.3. The predicted octanol–water partition coefficient (Wildman–Crippen LogP) is -4.85. The van der Waals surface area contributed by atoms with E-state index in [2.05, 4.69) is 0 Å². The van der Waals surface area contributed by atoms with Gasteiger partial charge in [0.2, 0.25) is 0 Å². The van der Waals surface area contributed by atoms with Crippen LogP contribution in [-0.4, -0.2) is 117 Å². The largest absolute Gasteiger partial charge is 0.389 e.